The Bertz CT molecular complexity index is 102. The van der Waals surface area contributed by atoms with Crippen LogP contribution in [0, 0.1) is 72.5 Å². The van der Waals surface area contributed by atoms with Gasteiger partial charge in [0.1, 0.15) is 0 Å². The van der Waals surface area contributed by atoms with E-state index in [-0.39, 0.29) is 156 Å². The van der Waals surface area contributed by atoms with Crippen LogP contribution in [0.1, 0.15) is 0 Å². The molecule has 0 rings (SSSR count). The van der Waals surface area contributed by atoms with E-state index in [0.717, 1.165) is 0 Å². The van der Waals surface area contributed by atoms with Crippen molar-refractivity contribution >= 4 is 114 Å². The first kappa shape index (κ1) is 38.7. The van der Waals surface area contributed by atoms with Gasteiger partial charge in [0, 0.05) is 41.7 Å². The van der Waals surface area contributed by atoms with Gasteiger partial charge in [0.2, 0.25) is 0 Å². The van der Waals surface area contributed by atoms with Crippen LogP contribution in [0.25, 0.3) is 0 Å². The molecule has 0 saturated heterocycles. The summed E-state index contributed by atoms with van der Waals surface area (Å²) in [5, 5.41) is 0. The molecule has 0 saturated carbocycles. The average Bonchev–Trinajstić information content (AvgIpc) is 1.41. The molecule has 0 aliphatic rings. The Hall–Kier alpha value is 5.30. The molecule has 0 aromatic heterocycles. The van der Waals surface area contributed by atoms with E-state index in [0.29, 0.717) is 0 Å². The van der Waals surface area contributed by atoms with Crippen molar-refractivity contribution in [2.75, 3.05) is 0 Å². The first-order chi connectivity index (χ1) is 6.00. The van der Waals surface area contributed by atoms with Crippen molar-refractivity contribution in [3.05, 3.63) is 0 Å². The Morgan fingerprint density at radius 2 is 0.500 bits per heavy atom. The molecule has 18 heavy (non-hydrogen) atoms. The molecule has 3 N–H and O–H groups in total. The van der Waals surface area contributed by atoms with E-state index in [1.54, 1.807) is 0 Å². The van der Waals surface area contributed by atoms with Gasteiger partial charge in [0.05, 0.1) is 44.7 Å². The minimum atomic E-state index is -4.69. The van der Waals surface area contributed by atoms with E-state index >= 15 is 0 Å². The van der Waals surface area contributed by atoms with Crippen LogP contribution >= 0.6 is 0 Å². The second-order valence-corrected chi connectivity index (χ2v) is 3.56. The molecule has 0 aliphatic heterocycles. The molecule has 0 amide bonds. The molecule has 0 heterocycles. The van der Waals surface area contributed by atoms with Crippen molar-refractivity contribution in [2.24, 2.45) is 0 Å². The van der Waals surface area contributed by atoms with Crippen molar-refractivity contribution in [3.63, 3.8) is 0 Å². The Kier molecular flexibility index (Phi) is 40.1. The third-order valence-electron chi connectivity index (χ3n) is 0. The SMILES string of the molecule is [Ce].[CsH].[O-][Cl+3]([O-])([O-])O.[O-][Cl+3]([O-])([O-])O.[O-][Cl+3]([O-])([O-])O.[SrH2]. The van der Waals surface area contributed by atoms with Gasteiger partial charge in [-0.3, -0.25) is 0 Å². The predicted octanol–water partition coefficient (Wildman–Crippen LogP) is -13.9. The van der Waals surface area contributed by atoms with Crippen LogP contribution in [0.5, 0.6) is 0 Å². The average molecular weight is 665 g/mol. The summed E-state index contributed by atoms with van der Waals surface area (Å²) in [6, 6.07) is 0. The van der Waals surface area contributed by atoms with Crippen LogP contribution < -0.4 is 41.9 Å². The summed E-state index contributed by atoms with van der Waals surface area (Å²) >= 11 is 0. The molecule has 0 aromatic carbocycles. The van der Waals surface area contributed by atoms with Gasteiger partial charge in [0.25, 0.3) is 0 Å². The molecule has 0 radical (unpaired) electrons. The Morgan fingerprint density at radius 3 is 0.500 bits per heavy atom. The zero-order valence-electron chi connectivity index (χ0n) is 6.65. The first-order valence-electron chi connectivity index (χ1n) is 1.90. The van der Waals surface area contributed by atoms with Gasteiger partial charge in [0.15, 0.2) is 0 Å². The Balaban J connectivity index is -0.0000000277. The number of hydrogen-bond acceptors (Lipinski definition) is 12. The summed E-state index contributed by atoms with van der Waals surface area (Å²) < 4.78 is 98.2. The predicted molar refractivity (Wildman–Crippen MR) is 22.3 cm³/mol. The molecular formula is H6CeCl3CsO12Sr. The number of halogens is 3. The fourth-order valence-corrected chi connectivity index (χ4v) is 0. The van der Waals surface area contributed by atoms with Crippen LogP contribution in [0.3, 0.4) is 0 Å². The molecule has 0 bridgehead atoms. The summed E-state index contributed by atoms with van der Waals surface area (Å²) in [5.41, 5.74) is 0. The molecular weight excluding hydrogens is 659 g/mol. The third kappa shape index (κ3) is 313. The van der Waals surface area contributed by atoms with Crippen molar-refractivity contribution < 1.29 is 128 Å². The summed E-state index contributed by atoms with van der Waals surface area (Å²) in [6.45, 7) is 0. The zero-order valence-corrected chi connectivity index (χ0v) is 12.1. The van der Waals surface area contributed by atoms with Gasteiger partial charge in [-0.2, -0.15) is 41.9 Å². The van der Waals surface area contributed by atoms with Crippen molar-refractivity contribution in [1.82, 2.24) is 0 Å². The van der Waals surface area contributed by atoms with Crippen molar-refractivity contribution in [2.45, 2.75) is 0 Å². The van der Waals surface area contributed by atoms with Gasteiger partial charge in [-0.1, -0.05) is 0 Å². The van der Waals surface area contributed by atoms with E-state index in [4.69, 9.17) is 55.9 Å². The number of hydrogen-bond donors (Lipinski definition) is 3. The monoisotopic (exact) mass is 664 g/mol. The summed E-state index contributed by atoms with van der Waals surface area (Å²) in [5.74, 6) is 0. The molecule has 0 atom stereocenters. The van der Waals surface area contributed by atoms with E-state index in [1.165, 1.54) is 0 Å². The molecule has 0 aliphatic carbocycles. The van der Waals surface area contributed by atoms with Crippen LogP contribution in [0.2, 0.25) is 0 Å². The van der Waals surface area contributed by atoms with Crippen LogP contribution in [-0.2, 0) is 0 Å². The molecule has 0 aromatic rings. The quantitative estimate of drug-likeness (QED) is 0.204. The van der Waals surface area contributed by atoms with E-state index in [1.807, 2.05) is 0 Å². The number of rotatable bonds is 0. The Morgan fingerprint density at radius 1 is 0.500 bits per heavy atom. The van der Waals surface area contributed by atoms with Crippen LogP contribution in [0.4, 0.5) is 0 Å². The van der Waals surface area contributed by atoms with Crippen molar-refractivity contribution in [1.29, 1.82) is 0 Å². The summed E-state index contributed by atoms with van der Waals surface area (Å²) in [6.07, 6.45) is 0. The van der Waals surface area contributed by atoms with E-state index in [2.05, 4.69) is 0 Å². The van der Waals surface area contributed by atoms with Gasteiger partial charge in [-0.15, -0.1) is 0 Å². The molecule has 106 valence electrons. The van der Waals surface area contributed by atoms with Gasteiger partial charge in [-0.25, -0.2) is 0 Å². The fraction of sp³-hybridized carbons (Fsp3) is 0. The molecule has 12 nitrogen and oxygen atoms in total. The maximum atomic E-state index is 8.60. The summed E-state index contributed by atoms with van der Waals surface area (Å²) in [7, 11) is -14.1. The molecule has 18 heteroatoms. The van der Waals surface area contributed by atoms with Crippen LogP contribution in [0.15, 0.2) is 0 Å². The summed E-state index contributed by atoms with van der Waals surface area (Å²) in [4.78, 5) is 0. The topological polar surface area (TPSA) is 268 Å². The van der Waals surface area contributed by atoms with Crippen LogP contribution in [-0.4, -0.2) is 128 Å². The normalized spacial score (nSPS) is 10.0. The van der Waals surface area contributed by atoms with E-state index < -0.39 is 30.7 Å². The maximum absolute atomic E-state index is 8.60. The minimum absolute atomic E-state index is 0. The molecule has 0 fully saturated rings. The molecule has 0 unspecified atom stereocenters. The molecule has 0 spiro atoms. The second kappa shape index (κ2) is 18.6. The Labute approximate surface area is 236 Å². The van der Waals surface area contributed by atoms with Gasteiger partial charge >= 0.3 is 114 Å². The van der Waals surface area contributed by atoms with E-state index in [9.17, 15) is 0 Å². The fourth-order valence-electron chi connectivity index (χ4n) is 0. The van der Waals surface area contributed by atoms with Gasteiger partial charge < -0.3 is 0 Å². The second-order valence-electron chi connectivity index (χ2n) is 1.19. The zero-order chi connectivity index (χ0) is 13.5. The van der Waals surface area contributed by atoms with Gasteiger partial charge in [-0.05, 0) is 0 Å². The third-order valence-corrected chi connectivity index (χ3v) is 0. The first-order valence-corrected chi connectivity index (χ1v) is 5.69. The standard InChI is InChI=1S/Ce.3ClHO4.Cs.Sr.3H/c;3*2-1(3,4)5;;;;;/h;3*(H,2,3,4,5);;;;;. The van der Waals surface area contributed by atoms with Crippen molar-refractivity contribution in [3.8, 4) is 0 Å².